The number of aryl methyl sites for hydroxylation is 1. The second-order valence-electron chi connectivity index (χ2n) is 6.89. The normalized spacial score (nSPS) is 11.1. The standard InChI is InChI=1S/C23H39IO4/c1-2-3-4-5-6-7-8-9-22-10-12-23(13-11-22)28-21-20-27-19-18-26-17-16-25-15-14-24/h10-13H,2-9,14-21H2,1H3. The Morgan fingerprint density at radius 2 is 1.18 bits per heavy atom. The van der Waals surface area contributed by atoms with Crippen LogP contribution in [0.2, 0.25) is 0 Å². The molecule has 0 saturated heterocycles. The van der Waals surface area contributed by atoms with Gasteiger partial charge >= 0.3 is 0 Å². The van der Waals surface area contributed by atoms with Gasteiger partial charge in [0.1, 0.15) is 12.4 Å². The van der Waals surface area contributed by atoms with E-state index >= 15 is 0 Å². The number of halogens is 1. The first-order chi connectivity index (χ1) is 13.9. The van der Waals surface area contributed by atoms with E-state index in [9.17, 15) is 0 Å². The molecule has 1 aromatic rings. The molecule has 0 heterocycles. The van der Waals surface area contributed by atoms with Gasteiger partial charge in [-0.1, -0.05) is 80.2 Å². The molecule has 1 rings (SSSR count). The smallest absolute Gasteiger partial charge is 0.119 e. The van der Waals surface area contributed by atoms with Crippen molar-refractivity contribution < 1.29 is 18.9 Å². The Balaban J connectivity index is 1.93. The maximum absolute atomic E-state index is 5.73. The lowest BCUT2D eigenvalue weighted by Gasteiger charge is -2.09. The average Bonchev–Trinajstić information content (AvgIpc) is 2.72. The van der Waals surface area contributed by atoms with Gasteiger partial charge in [-0.3, -0.25) is 0 Å². The molecular formula is C23H39IO4. The zero-order valence-corrected chi connectivity index (χ0v) is 19.8. The third-order valence-corrected chi connectivity index (χ3v) is 4.89. The van der Waals surface area contributed by atoms with E-state index in [1.165, 1.54) is 56.9 Å². The summed E-state index contributed by atoms with van der Waals surface area (Å²) in [5.41, 5.74) is 1.40. The quantitative estimate of drug-likeness (QED) is 0.126. The lowest BCUT2D eigenvalue weighted by molar-refractivity contribution is 0.0120. The van der Waals surface area contributed by atoms with Crippen LogP contribution in [0.4, 0.5) is 0 Å². The molecule has 0 saturated carbocycles. The predicted octanol–water partition coefficient (Wildman–Crippen LogP) is 5.84. The highest BCUT2D eigenvalue weighted by molar-refractivity contribution is 14.1. The monoisotopic (exact) mass is 506 g/mol. The molecule has 0 spiro atoms. The first-order valence-electron chi connectivity index (χ1n) is 10.9. The molecule has 162 valence electrons. The summed E-state index contributed by atoms with van der Waals surface area (Å²) in [5, 5.41) is 0. The van der Waals surface area contributed by atoms with E-state index in [-0.39, 0.29) is 0 Å². The van der Waals surface area contributed by atoms with Gasteiger partial charge < -0.3 is 18.9 Å². The van der Waals surface area contributed by atoms with Gasteiger partial charge in [-0.25, -0.2) is 0 Å². The van der Waals surface area contributed by atoms with Crippen LogP contribution in [0.15, 0.2) is 24.3 Å². The SMILES string of the molecule is CCCCCCCCCc1ccc(OCCOCCOCCOCCI)cc1. The molecule has 0 fully saturated rings. The number of benzene rings is 1. The van der Waals surface area contributed by atoms with Gasteiger partial charge in [-0.15, -0.1) is 0 Å². The van der Waals surface area contributed by atoms with Crippen LogP contribution >= 0.6 is 22.6 Å². The Morgan fingerprint density at radius 3 is 1.79 bits per heavy atom. The Morgan fingerprint density at radius 1 is 0.643 bits per heavy atom. The van der Waals surface area contributed by atoms with E-state index in [0.717, 1.165) is 16.8 Å². The van der Waals surface area contributed by atoms with E-state index in [2.05, 4.69) is 53.8 Å². The van der Waals surface area contributed by atoms with Crippen LogP contribution in [0.1, 0.15) is 57.4 Å². The molecule has 0 aliphatic heterocycles. The van der Waals surface area contributed by atoms with Crippen LogP contribution < -0.4 is 4.74 Å². The molecule has 4 nitrogen and oxygen atoms in total. The Bertz CT molecular complexity index is 439. The second kappa shape index (κ2) is 19.9. The van der Waals surface area contributed by atoms with Crippen molar-refractivity contribution >= 4 is 22.6 Å². The summed E-state index contributed by atoms with van der Waals surface area (Å²) in [6.07, 6.45) is 10.7. The number of hydrogen-bond acceptors (Lipinski definition) is 4. The summed E-state index contributed by atoms with van der Waals surface area (Å²) < 4.78 is 23.0. The highest BCUT2D eigenvalue weighted by Gasteiger charge is 1.98. The van der Waals surface area contributed by atoms with Crippen LogP contribution in [0.25, 0.3) is 0 Å². The van der Waals surface area contributed by atoms with Crippen molar-refractivity contribution in [1.82, 2.24) is 0 Å². The van der Waals surface area contributed by atoms with E-state index in [0.29, 0.717) is 39.6 Å². The highest BCUT2D eigenvalue weighted by Crippen LogP contribution is 2.15. The van der Waals surface area contributed by atoms with Crippen molar-refractivity contribution in [2.45, 2.75) is 58.3 Å². The molecule has 1 aromatic carbocycles. The first-order valence-corrected chi connectivity index (χ1v) is 12.4. The first kappa shape index (κ1) is 25.7. The minimum atomic E-state index is 0.565. The molecule has 0 radical (unpaired) electrons. The van der Waals surface area contributed by atoms with Crippen LogP contribution in [0.3, 0.4) is 0 Å². The minimum absolute atomic E-state index is 0.565. The van der Waals surface area contributed by atoms with Crippen LogP contribution in [-0.2, 0) is 20.6 Å². The molecule has 0 aliphatic carbocycles. The zero-order chi connectivity index (χ0) is 20.1. The van der Waals surface area contributed by atoms with E-state index in [4.69, 9.17) is 18.9 Å². The fourth-order valence-electron chi connectivity index (χ4n) is 2.85. The van der Waals surface area contributed by atoms with Crippen LogP contribution in [0, 0.1) is 0 Å². The summed E-state index contributed by atoms with van der Waals surface area (Å²) in [7, 11) is 0. The Hall–Kier alpha value is -0.370. The maximum atomic E-state index is 5.73. The van der Waals surface area contributed by atoms with E-state index in [1.54, 1.807) is 0 Å². The zero-order valence-electron chi connectivity index (χ0n) is 17.6. The topological polar surface area (TPSA) is 36.9 Å². The second-order valence-corrected chi connectivity index (χ2v) is 7.97. The number of hydrogen-bond donors (Lipinski definition) is 0. The van der Waals surface area contributed by atoms with Crippen LogP contribution in [-0.4, -0.2) is 50.7 Å². The van der Waals surface area contributed by atoms with E-state index < -0.39 is 0 Å². The average molecular weight is 506 g/mol. The van der Waals surface area contributed by atoms with Crippen molar-refractivity contribution in [2.24, 2.45) is 0 Å². The predicted molar refractivity (Wildman–Crippen MR) is 125 cm³/mol. The maximum Gasteiger partial charge on any atom is 0.119 e. The molecular weight excluding hydrogens is 467 g/mol. The van der Waals surface area contributed by atoms with E-state index in [1.807, 2.05) is 0 Å². The van der Waals surface area contributed by atoms with Gasteiger partial charge in [0.2, 0.25) is 0 Å². The van der Waals surface area contributed by atoms with Gasteiger partial charge in [0.05, 0.1) is 39.6 Å². The fraction of sp³-hybridized carbons (Fsp3) is 0.739. The van der Waals surface area contributed by atoms with Crippen molar-refractivity contribution in [1.29, 1.82) is 0 Å². The molecule has 0 aromatic heterocycles. The molecule has 28 heavy (non-hydrogen) atoms. The minimum Gasteiger partial charge on any atom is -0.491 e. The third-order valence-electron chi connectivity index (χ3n) is 4.45. The molecule has 0 bridgehead atoms. The summed E-state index contributed by atoms with van der Waals surface area (Å²) in [5.74, 6) is 0.913. The van der Waals surface area contributed by atoms with Gasteiger partial charge in [-0.05, 0) is 30.5 Å². The van der Waals surface area contributed by atoms with Crippen molar-refractivity contribution in [3.63, 3.8) is 0 Å². The lowest BCUT2D eigenvalue weighted by Crippen LogP contribution is -2.13. The number of unbranched alkanes of at least 4 members (excludes halogenated alkanes) is 6. The Labute approximate surface area is 185 Å². The third kappa shape index (κ3) is 15.5. The van der Waals surface area contributed by atoms with Crippen molar-refractivity contribution in [2.75, 3.05) is 50.7 Å². The van der Waals surface area contributed by atoms with Gasteiger partial charge in [0.15, 0.2) is 0 Å². The molecule has 0 atom stereocenters. The number of ether oxygens (including phenoxy) is 4. The summed E-state index contributed by atoms with van der Waals surface area (Å²) >= 11 is 2.29. The molecule has 0 amide bonds. The Kier molecular flexibility index (Phi) is 18.3. The van der Waals surface area contributed by atoms with Crippen molar-refractivity contribution in [3.8, 4) is 5.75 Å². The molecule has 0 N–H and O–H groups in total. The number of alkyl halides is 1. The van der Waals surface area contributed by atoms with Crippen LogP contribution in [0.5, 0.6) is 5.75 Å². The van der Waals surface area contributed by atoms with Gasteiger partial charge in [0, 0.05) is 4.43 Å². The van der Waals surface area contributed by atoms with Gasteiger partial charge in [0.25, 0.3) is 0 Å². The summed E-state index contributed by atoms with van der Waals surface area (Å²) in [6.45, 7) is 6.67. The molecule has 0 aliphatic rings. The fourth-order valence-corrected chi connectivity index (χ4v) is 3.16. The van der Waals surface area contributed by atoms with Gasteiger partial charge in [-0.2, -0.15) is 0 Å². The molecule has 5 heteroatoms. The highest BCUT2D eigenvalue weighted by atomic mass is 127. The summed E-state index contributed by atoms with van der Waals surface area (Å²) in [6, 6.07) is 8.49. The molecule has 0 unspecified atom stereocenters. The van der Waals surface area contributed by atoms with Crippen molar-refractivity contribution in [3.05, 3.63) is 29.8 Å². The largest absolute Gasteiger partial charge is 0.491 e. The lowest BCUT2D eigenvalue weighted by atomic mass is 10.0. The number of rotatable bonds is 20. The summed E-state index contributed by atoms with van der Waals surface area (Å²) in [4.78, 5) is 0.